The summed E-state index contributed by atoms with van der Waals surface area (Å²) in [5, 5.41) is 8.89. The maximum Gasteiger partial charge on any atom is 0.335 e. The minimum absolute atomic E-state index is 0.0227. The van der Waals surface area contributed by atoms with Crippen LogP contribution in [-0.4, -0.2) is 15.3 Å². The number of carboxylic acid groups (broad SMARTS) is 1. The summed E-state index contributed by atoms with van der Waals surface area (Å²) in [7, 11) is -1.46. The molecule has 104 valence electrons. The van der Waals surface area contributed by atoms with E-state index in [9.17, 15) is 13.4 Å². The average molecular weight is 357 g/mol. The Morgan fingerprint density at radius 2 is 1.95 bits per heavy atom. The summed E-state index contributed by atoms with van der Waals surface area (Å²) in [6, 6.07) is 10.4. The molecule has 0 fully saturated rings. The van der Waals surface area contributed by atoms with Crippen LogP contribution in [0.3, 0.4) is 0 Å². The largest absolute Gasteiger partial charge is 0.478 e. The Morgan fingerprint density at radius 3 is 2.60 bits per heavy atom. The van der Waals surface area contributed by atoms with Crippen LogP contribution in [0.4, 0.5) is 4.39 Å². The van der Waals surface area contributed by atoms with Gasteiger partial charge in [0.2, 0.25) is 0 Å². The van der Waals surface area contributed by atoms with Crippen molar-refractivity contribution in [3.05, 3.63) is 63.9 Å². The third kappa shape index (κ3) is 3.32. The predicted octanol–water partition coefficient (Wildman–Crippen LogP) is 3.59. The normalized spacial score (nSPS) is 12.1. The lowest BCUT2D eigenvalue weighted by Gasteiger charge is -2.07. The van der Waals surface area contributed by atoms with Crippen LogP contribution in [0.25, 0.3) is 0 Å². The van der Waals surface area contributed by atoms with E-state index in [4.69, 9.17) is 5.11 Å². The molecule has 2 aromatic rings. The van der Waals surface area contributed by atoms with E-state index in [1.54, 1.807) is 24.3 Å². The molecule has 0 bridgehead atoms. The first kappa shape index (κ1) is 14.9. The topological polar surface area (TPSA) is 54.4 Å². The summed E-state index contributed by atoms with van der Waals surface area (Å²) in [5.41, 5.74) is 0.101. The molecule has 0 heterocycles. The summed E-state index contributed by atoms with van der Waals surface area (Å²) >= 11 is 3.29. The van der Waals surface area contributed by atoms with Gasteiger partial charge in [-0.05, 0) is 46.3 Å². The Kier molecular flexibility index (Phi) is 4.67. The molecule has 0 radical (unpaired) electrons. The standard InChI is InChI=1S/C14H10BrFO3S/c15-11-3-1-2-4-13(11)20(19)8-10-7-9(14(17)18)5-6-12(10)16/h1-7H,8H2,(H,17,18). The molecule has 0 aromatic heterocycles. The highest BCUT2D eigenvalue weighted by molar-refractivity contribution is 9.10. The van der Waals surface area contributed by atoms with Crippen molar-refractivity contribution in [3.8, 4) is 0 Å². The zero-order valence-corrected chi connectivity index (χ0v) is 12.6. The van der Waals surface area contributed by atoms with Crippen molar-refractivity contribution in [1.29, 1.82) is 0 Å². The van der Waals surface area contributed by atoms with Gasteiger partial charge in [0.15, 0.2) is 0 Å². The molecule has 0 amide bonds. The molecule has 0 aliphatic heterocycles. The number of carboxylic acids is 1. The number of halogens is 2. The lowest BCUT2D eigenvalue weighted by atomic mass is 10.1. The van der Waals surface area contributed by atoms with E-state index in [0.717, 1.165) is 6.07 Å². The van der Waals surface area contributed by atoms with E-state index < -0.39 is 22.6 Å². The van der Waals surface area contributed by atoms with Crippen molar-refractivity contribution in [3.63, 3.8) is 0 Å². The van der Waals surface area contributed by atoms with E-state index in [0.29, 0.717) is 9.37 Å². The van der Waals surface area contributed by atoms with Crippen molar-refractivity contribution in [2.75, 3.05) is 0 Å². The maximum absolute atomic E-state index is 13.7. The second-order valence-electron chi connectivity index (χ2n) is 4.03. The SMILES string of the molecule is O=C(O)c1ccc(F)c(CS(=O)c2ccccc2Br)c1. The predicted molar refractivity (Wildman–Crippen MR) is 77.6 cm³/mol. The third-order valence-corrected chi connectivity index (χ3v) is 5.03. The highest BCUT2D eigenvalue weighted by Crippen LogP contribution is 2.23. The molecular formula is C14H10BrFO3S. The van der Waals surface area contributed by atoms with Crippen LogP contribution in [0.1, 0.15) is 15.9 Å². The fraction of sp³-hybridized carbons (Fsp3) is 0.0714. The average Bonchev–Trinajstić information content (AvgIpc) is 2.41. The van der Waals surface area contributed by atoms with Crippen molar-refractivity contribution >= 4 is 32.7 Å². The van der Waals surface area contributed by atoms with Gasteiger partial charge in [-0.3, -0.25) is 4.21 Å². The Bertz CT molecular complexity index is 688. The number of carbonyl (C=O) groups is 1. The van der Waals surface area contributed by atoms with Crippen LogP contribution in [0.2, 0.25) is 0 Å². The Balaban J connectivity index is 2.30. The number of hydrogen-bond donors (Lipinski definition) is 1. The number of hydrogen-bond acceptors (Lipinski definition) is 2. The van der Waals surface area contributed by atoms with Gasteiger partial charge in [-0.15, -0.1) is 0 Å². The first-order valence-corrected chi connectivity index (χ1v) is 7.75. The van der Waals surface area contributed by atoms with Crippen LogP contribution in [0.15, 0.2) is 51.8 Å². The molecule has 20 heavy (non-hydrogen) atoms. The molecule has 6 heteroatoms. The van der Waals surface area contributed by atoms with E-state index in [2.05, 4.69) is 15.9 Å². The van der Waals surface area contributed by atoms with Gasteiger partial charge in [-0.1, -0.05) is 12.1 Å². The summed E-state index contributed by atoms with van der Waals surface area (Å²) in [4.78, 5) is 11.4. The molecule has 2 aromatic carbocycles. The molecule has 0 saturated heterocycles. The number of benzene rings is 2. The molecule has 2 rings (SSSR count). The van der Waals surface area contributed by atoms with Gasteiger partial charge in [0.25, 0.3) is 0 Å². The van der Waals surface area contributed by atoms with Gasteiger partial charge < -0.3 is 5.11 Å². The van der Waals surface area contributed by atoms with Crippen LogP contribution < -0.4 is 0 Å². The molecule has 0 spiro atoms. The van der Waals surface area contributed by atoms with Gasteiger partial charge >= 0.3 is 5.97 Å². The van der Waals surface area contributed by atoms with Gasteiger partial charge in [0.1, 0.15) is 5.82 Å². The zero-order chi connectivity index (χ0) is 14.7. The summed E-state index contributed by atoms with van der Waals surface area (Å²) < 4.78 is 26.6. The molecular weight excluding hydrogens is 347 g/mol. The summed E-state index contributed by atoms with van der Waals surface area (Å²) in [6.45, 7) is 0. The minimum Gasteiger partial charge on any atom is -0.478 e. The Labute approximate surface area is 126 Å². The van der Waals surface area contributed by atoms with Gasteiger partial charge in [-0.2, -0.15) is 0 Å². The lowest BCUT2D eigenvalue weighted by molar-refractivity contribution is 0.0696. The second-order valence-corrected chi connectivity index (χ2v) is 6.31. The van der Waals surface area contributed by atoms with E-state index >= 15 is 0 Å². The Hall–Kier alpha value is -1.53. The first-order chi connectivity index (χ1) is 9.49. The van der Waals surface area contributed by atoms with Crippen molar-refractivity contribution in [1.82, 2.24) is 0 Å². The van der Waals surface area contributed by atoms with Gasteiger partial charge in [0.05, 0.1) is 27.0 Å². The molecule has 0 saturated carbocycles. The Morgan fingerprint density at radius 1 is 1.25 bits per heavy atom. The van der Waals surface area contributed by atoms with Crippen molar-refractivity contribution in [2.24, 2.45) is 0 Å². The van der Waals surface area contributed by atoms with E-state index in [-0.39, 0.29) is 16.9 Å². The number of rotatable bonds is 4. The van der Waals surface area contributed by atoms with Crippen molar-refractivity contribution in [2.45, 2.75) is 10.6 Å². The third-order valence-electron chi connectivity index (χ3n) is 2.66. The van der Waals surface area contributed by atoms with Crippen LogP contribution in [0.5, 0.6) is 0 Å². The zero-order valence-electron chi connectivity index (χ0n) is 10.2. The minimum atomic E-state index is -1.46. The maximum atomic E-state index is 13.7. The van der Waals surface area contributed by atoms with E-state index in [1.807, 2.05) is 0 Å². The first-order valence-electron chi connectivity index (χ1n) is 5.63. The fourth-order valence-corrected chi connectivity index (χ4v) is 3.67. The molecule has 0 aliphatic rings. The highest BCUT2D eigenvalue weighted by Gasteiger charge is 2.14. The molecule has 1 N–H and O–H groups in total. The lowest BCUT2D eigenvalue weighted by Crippen LogP contribution is -2.03. The van der Waals surface area contributed by atoms with Crippen LogP contribution in [-0.2, 0) is 16.6 Å². The quantitative estimate of drug-likeness (QED) is 0.910. The van der Waals surface area contributed by atoms with Crippen LogP contribution in [0, 0.1) is 5.82 Å². The smallest absolute Gasteiger partial charge is 0.335 e. The monoisotopic (exact) mass is 356 g/mol. The summed E-state index contributed by atoms with van der Waals surface area (Å²) in [5.74, 6) is -1.77. The molecule has 1 atom stereocenters. The summed E-state index contributed by atoms with van der Waals surface area (Å²) in [6.07, 6.45) is 0. The number of aromatic carboxylic acids is 1. The second kappa shape index (κ2) is 6.28. The molecule has 0 aliphatic carbocycles. The molecule has 3 nitrogen and oxygen atoms in total. The van der Waals surface area contributed by atoms with Crippen molar-refractivity contribution < 1.29 is 18.5 Å². The molecule has 1 unspecified atom stereocenters. The fourth-order valence-electron chi connectivity index (χ4n) is 1.67. The van der Waals surface area contributed by atoms with Crippen LogP contribution >= 0.6 is 15.9 Å². The highest BCUT2D eigenvalue weighted by atomic mass is 79.9. The van der Waals surface area contributed by atoms with E-state index in [1.165, 1.54) is 12.1 Å². The van der Waals surface area contributed by atoms with Gasteiger partial charge in [0, 0.05) is 10.0 Å². The van der Waals surface area contributed by atoms with Gasteiger partial charge in [-0.25, -0.2) is 9.18 Å².